The predicted octanol–water partition coefficient (Wildman–Crippen LogP) is 13.6. The van der Waals surface area contributed by atoms with Gasteiger partial charge in [-0.3, -0.25) is 0 Å². The van der Waals surface area contributed by atoms with Gasteiger partial charge in [-0.05, 0) is 127 Å². The molecule has 0 atom stereocenters. The van der Waals surface area contributed by atoms with E-state index >= 15 is 0 Å². The number of hydrogen-bond acceptors (Lipinski definition) is 3. The summed E-state index contributed by atoms with van der Waals surface area (Å²) < 4.78 is 2.66. The quantitative estimate of drug-likeness (QED) is 0.169. The maximum absolute atomic E-state index is 2.35. The Morgan fingerprint density at radius 3 is 1.47 bits per heavy atom. The summed E-state index contributed by atoms with van der Waals surface area (Å²) in [4.78, 5) is 4.62. The molecule has 0 bridgehead atoms. The molecule has 2 nitrogen and oxygen atoms in total. The standard InChI is InChI=1S/C46H38N2S/c1-31-9-12-34(13-10-31)36-16-23-39(24-17-36)48(42-20-11-32(2)33(3)29-42)40-25-18-37(19-26-40)35-14-21-38(22-15-35)47(4)41-27-28-46-44(30-41)43-7-5-6-8-45(43)49-46/h5-30H,1-4H3. The summed E-state index contributed by atoms with van der Waals surface area (Å²) in [5.74, 6) is 0. The molecule has 49 heavy (non-hydrogen) atoms. The third kappa shape index (κ3) is 5.99. The van der Waals surface area contributed by atoms with Crippen LogP contribution in [-0.4, -0.2) is 7.05 Å². The molecule has 1 heterocycles. The second-order valence-electron chi connectivity index (χ2n) is 12.9. The third-order valence-corrected chi connectivity index (χ3v) is 10.9. The lowest BCUT2D eigenvalue weighted by atomic mass is 10.0. The van der Waals surface area contributed by atoms with Crippen LogP contribution in [0.1, 0.15) is 16.7 Å². The van der Waals surface area contributed by atoms with Crippen molar-refractivity contribution in [3.05, 3.63) is 174 Å². The summed E-state index contributed by atoms with van der Waals surface area (Å²) in [5.41, 5.74) is 14.4. The van der Waals surface area contributed by atoms with Crippen molar-refractivity contribution in [1.29, 1.82) is 0 Å². The van der Waals surface area contributed by atoms with Crippen LogP contribution in [0.3, 0.4) is 0 Å². The minimum absolute atomic E-state index is 1.13. The molecule has 0 unspecified atom stereocenters. The van der Waals surface area contributed by atoms with Gasteiger partial charge in [0.2, 0.25) is 0 Å². The molecule has 0 saturated heterocycles. The molecule has 0 aliphatic carbocycles. The van der Waals surface area contributed by atoms with Crippen LogP contribution in [-0.2, 0) is 0 Å². The van der Waals surface area contributed by atoms with Gasteiger partial charge in [0.25, 0.3) is 0 Å². The van der Waals surface area contributed by atoms with Gasteiger partial charge in [-0.2, -0.15) is 0 Å². The number of aryl methyl sites for hydroxylation is 3. The van der Waals surface area contributed by atoms with Crippen molar-refractivity contribution in [2.45, 2.75) is 20.8 Å². The van der Waals surface area contributed by atoms with E-state index in [1.54, 1.807) is 0 Å². The average molecular weight is 651 g/mol. The first kappa shape index (κ1) is 30.7. The van der Waals surface area contributed by atoms with E-state index < -0.39 is 0 Å². The van der Waals surface area contributed by atoms with Crippen molar-refractivity contribution in [3.63, 3.8) is 0 Å². The largest absolute Gasteiger partial charge is 0.345 e. The van der Waals surface area contributed by atoms with Gasteiger partial charge in [0.05, 0.1) is 0 Å². The normalized spacial score (nSPS) is 11.3. The molecule has 0 radical (unpaired) electrons. The molecule has 7 aromatic carbocycles. The highest BCUT2D eigenvalue weighted by molar-refractivity contribution is 7.25. The number of nitrogens with zero attached hydrogens (tertiary/aromatic N) is 2. The molecular weight excluding hydrogens is 613 g/mol. The van der Waals surface area contributed by atoms with E-state index in [0.29, 0.717) is 0 Å². The van der Waals surface area contributed by atoms with Gasteiger partial charge in [0, 0.05) is 55.7 Å². The lowest BCUT2D eigenvalue weighted by Gasteiger charge is -2.26. The number of hydrogen-bond donors (Lipinski definition) is 0. The van der Waals surface area contributed by atoms with E-state index in [0.717, 1.165) is 22.7 Å². The fourth-order valence-corrected chi connectivity index (χ4v) is 7.70. The topological polar surface area (TPSA) is 6.48 Å². The van der Waals surface area contributed by atoms with Gasteiger partial charge in [0.15, 0.2) is 0 Å². The molecule has 0 aliphatic heterocycles. The lowest BCUT2D eigenvalue weighted by molar-refractivity contribution is 1.21. The van der Waals surface area contributed by atoms with Gasteiger partial charge in [0.1, 0.15) is 0 Å². The van der Waals surface area contributed by atoms with Crippen molar-refractivity contribution >= 4 is 59.9 Å². The van der Waals surface area contributed by atoms with E-state index in [2.05, 4.69) is 195 Å². The minimum atomic E-state index is 1.13. The molecule has 0 N–H and O–H groups in total. The Morgan fingerprint density at radius 1 is 0.388 bits per heavy atom. The van der Waals surface area contributed by atoms with Crippen LogP contribution in [0.2, 0.25) is 0 Å². The smallest absolute Gasteiger partial charge is 0.0464 e. The van der Waals surface area contributed by atoms with Crippen LogP contribution >= 0.6 is 11.3 Å². The van der Waals surface area contributed by atoms with Gasteiger partial charge in [-0.15, -0.1) is 11.3 Å². The van der Waals surface area contributed by atoms with Crippen LogP contribution < -0.4 is 9.80 Å². The molecule has 0 saturated carbocycles. The van der Waals surface area contributed by atoms with Crippen molar-refractivity contribution in [1.82, 2.24) is 0 Å². The Morgan fingerprint density at radius 2 is 0.878 bits per heavy atom. The zero-order valence-corrected chi connectivity index (χ0v) is 29.1. The van der Waals surface area contributed by atoms with Crippen LogP contribution in [0.4, 0.5) is 28.4 Å². The Labute approximate surface area is 293 Å². The highest BCUT2D eigenvalue weighted by Crippen LogP contribution is 2.39. The molecular formula is C46H38N2S. The van der Waals surface area contributed by atoms with E-state index in [1.807, 2.05) is 11.3 Å². The first-order valence-corrected chi connectivity index (χ1v) is 17.6. The second kappa shape index (κ2) is 12.8. The number of fused-ring (bicyclic) bond motifs is 3. The summed E-state index contributed by atoms with van der Waals surface area (Å²) in [5, 5.41) is 2.64. The molecule has 238 valence electrons. The fraction of sp³-hybridized carbons (Fsp3) is 0.0870. The Balaban J connectivity index is 1.07. The van der Waals surface area contributed by atoms with Gasteiger partial charge >= 0.3 is 0 Å². The molecule has 1 aromatic heterocycles. The molecule has 8 aromatic rings. The van der Waals surface area contributed by atoms with E-state index in [9.17, 15) is 0 Å². The first-order valence-electron chi connectivity index (χ1n) is 16.8. The highest BCUT2D eigenvalue weighted by Gasteiger charge is 2.15. The average Bonchev–Trinajstić information content (AvgIpc) is 3.52. The number of thiophene rings is 1. The monoisotopic (exact) mass is 650 g/mol. The van der Waals surface area contributed by atoms with E-state index in [4.69, 9.17) is 0 Å². The van der Waals surface area contributed by atoms with Gasteiger partial charge in [-0.25, -0.2) is 0 Å². The zero-order chi connectivity index (χ0) is 33.5. The van der Waals surface area contributed by atoms with Crippen molar-refractivity contribution in [2.24, 2.45) is 0 Å². The maximum Gasteiger partial charge on any atom is 0.0464 e. The van der Waals surface area contributed by atoms with Crippen LogP contribution in [0.15, 0.2) is 158 Å². The highest BCUT2D eigenvalue weighted by atomic mass is 32.1. The third-order valence-electron chi connectivity index (χ3n) is 9.72. The Kier molecular flexibility index (Phi) is 7.99. The van der Waals surface area contributed by atoms with E-state index in [1.165, 1.54) is 64.8 Å². The van der Waals surface area contributed by atoms with Crippen LogP contribution in [0, 0.1) is 20.8 Å². The van der Waals surface area contributed by atoms with E-state index in [-0.39, 0.29) is 0 Å². The summed E-state index contributed by atoms with van der Waals surface area (Å²) in [6, 6.07) is 57.6. The SMILES string of the molecule is Cc1ccc(-c2ccc(N(c3ccc(-c4ccc(N(C)c5ccc6sc7ccccc7c6c5)cc4)cc3)c3ccc(C)c(C)c3)cc2)cc1. The molecule has 0 amide bonds. The summed E-state index contributed by atoms with van der Waals surface area (Å²) >= 11 is 1.86. The molecule has 0 aliphatic rings. The number of anilines is 5. The van der Waals surface area contributed by atoms with Gasteiger partial charge < -0.3 is 9.80 Å². The molecule has 0 spiro atoms. The Hall–Kier alpha value is -5.64. The van der Waals surface area contributed by atoms with Crippen LogP contribution in [0.5, 0.6) is 0 Å². The lowest BCUT2D eigenvalue weighted by Crippen LogP contribution is -2.10. The number of rotatable bonds is 7. The summed E-state index contributed by atoms with van der Waals surface area (Å²) in [6.45, 7) is 6.48. The maximum atomic E-state index is 2.35. The molecule has 8 rings (SSSR count). The van der Waals surface area contributed by atoms with Crippen LogP contribution in [0.25, 0.3) is 42.4 Å². The van der Waals surface area contributed by atoms with Crippen molar-refractivity contribution in [2.75, 3.05) is 16.8 Å². The molecule has 3 heteroatoms. The first-order chi connectivity index (χ1) is 23.9. The number of benzene rings is 7. The second-order valence-corrected chi connectivity index (χ2v) is 14.0. The fourth-order valence-electron chi connectivity index (χ4n) is 6.61. The Bertz CT molecular complexity index is 2400. The van der Waals surface area contributed by atoms with Crippen molar-refractivity contribution in [3.8, 4) is 22.3 Å². The van der Waals surface area contributed by atoms with Crippen molar-refractivity contribution < 1.29 is 0 Å². The summed E-state index contributed by atoms with van der Waals surface area (Å²) in [6.07, 6.45) is 0. The predicted molar refractivity (Wildman–Crippen MR) is 214 cm³/mol. The minimum Gasteiger partial charge on any atom is -0.345 e. The summed E-state index contributed by atoms with van der Waals surface area (Å²) in [7, 11) is 2.15. The zero-order valence-electron chi connectivity index (χ0n) is 28.3. The molecule has 0 fully saturated rings. The van der Waals surface area contributed by atoms with Gasteiger partial charge in [-0.1, -0.05) is 90.5 Å².